The SMILES string of the molecule is CN(CC(=O)Nc1ccc(Cl)c(Cl)c1)C(=O)C1CCC(=O)N1. The first kappa shape index (κ1) is 16.6. The molecular formula is C14H15Cl2N3O3. The van der Waals surface area contributed by atoms with Crippen LogP contribution in [0.1, 0.15) is 12.8 Å². The van der Waals surface area contributed by atoms with Crippen LogP contribution in [-0.2, 0) is 14.4 Å². The van der Waals surface area contributed by atoms with Crippen molar-refractivity contribution < 1.29 is 14.4 Å². The van der Waals surface area contributed by atoms with Crippen LogP contribution in [0.4, 0.5) is 5.69 Å². The van der Waals surface area contributed by atoms with Crippen molar-refractivity contribution in [3.05, 3.63) is 28.2 Å². The first-order valence-electron chi connectivity index (χ1n) is 6.66. The van der Waals surface area contributed by atoms with Crippen LogP contribution in [0.25, 0.3) is 0 Å². The zero-order valence-electron chi connectivity index (χ0n) is 11.9. The Kier molecular flexibility index (Phi) is 5.26. The second kappa shape index (κ2) is 6.98. The van der Waals surface area contributed by atoms with E-state index in [4.69, 9.17) is 23.2 Å². The van der Waals surface area contributed by atoms with Crippen LogP contribution in [0, 0.1) is 0 Å². The smallest absolute Gasteiger partial charge is 0.245 e. The monoisotopic (exact) mass is 343 g/mol. The van der Waals surface area contributed by atoms with Crippen LogP contribution < -0.4 is 10.6 Å². The largest absolute Gasteiger partial charge is 0.344 e. The van der Waals surface area contributed by atoms with Gasteiger partial charge in [-0.05, 0) is 24.6 Å². The number of halogens is 2. The van der Waals surface area contributed by atoms with Gasteiger partial charge in [-0.1, -0.05) is 23.2 Å². The van der Waals surface area contributed by atoms with E-state index in [1.165, 1.54) is 18.0 Å². The van der Waals surface area contributed by atoms with Gasteiger partial charge in [0.1, 0.15) is 6.04 Å². The van der Waals surface area contributed by atoms with Gasteiger partial charge in [0, 0.05) is 19.2 Å². The number of benzene rings is 1. The van der Waals surface area contributed by atoms with E-state index in [0.29, 0.717) is 28.6 Å². The lowest BCUT2D eigenvalue weighted by Crippen LogP contribution is -2.45. The minimum atomic E-state index is -0.546. The average Bonchev–Trinajstić information content (AvgIpc) is 2.88. The number of nitrogens with zero attached hydrogens (tertiary/aromatic N) is 1. The van der Waals surface area contributed by atoms with E-state index in [-0.39, 0.29) is 24.3 Å². The standard InChI is InChI=1S/C14H15Cl2N3O3/c1-19(14(22)11-4-5-12(20)18-11)7-13(21)17-8-2-3-9(15)10(16)6-8/h2-3,6,11H,4-5,7H2,1H3,(H,17,21)(H,18,20). The van der Waals surface area contributed by atoms with Gasteiger partial charge in [0.2, 0.25) is 17.7 Å². The molecule has 1 aliphatic heterocycles. The van der Waals surface area contributed by atoms with Crippen molar-refractivity contribution in [3.8, 4) is 0 Å². The fourth-order valence-corrected chi connectivity index (χ4v) is 2.43. The molecule has 0 aromatic heterocycles. The molecule has 1 aromatic carbocycles. The predicted molar refractivity (Wildman–Crippen MR) is 83.9 cm³/mol. The summed E-state index contributed by atoms with van der Waals surface area (Å²) in [5.74, 6) is -0.791. The first-order chi connectivity index (χ1) is 10.4. The predicted octanol–water partition coefficient (Wildman–Crippen LogP) is 1.67. The van der Waals surface area contributed by atoms with Crippen LogP contribution in [0.3, 0.4) is 0 Å². The number of hydrogen-bond acceptors (Lipinski definition) is 3. The molecule has 1 heterocycles. The molecule has 1 aromatic rings. The molecule has 3 amide bonds. The lowest BCUT2D eigenvalue weighted by atomic mass is 10.2. The number of nitrogens with one attached hydrogen (secondary N) is 2. The van der Waals surface area contributed by atoms with E-state index in [0.717, 1.165) is 0 Å². The maximum atomic E-state index is 12.1. The molecule has 2 N–H and O–H groups in total. The highest BCUT2D eigenvalue weighted by atomic mass is 35.5. The fraction of sp³-hybridized carbons (Fsp3) is 0.357. The summed E-state index contributed by atoms with van der Waals surface area (Å²) >= 11 is 11.7. The Hall–Kier alpha value is -1.79. The molecule has 1 aliphatic rings. The second-order valence-electron chi connectivity index (χ2n) is 5.03. The Morgan fingerprint density at radius 1 is 1.36 bits per heavy atom. The van der Waals surface area contributed by atoms with Gasteiger partial charge in [0.15, 0.2) is 0 Å². The third-order valence-corrected chi connectivity index (χ3v) is 3.99. The average molecular weight is 344 g/mol. The Bertz CT molecular complexity index is 621. The zero-order chi connectivity index (χ0) is 16.3. The maximum Gasteiger partial charge on any atom is 0.245 e. The van der Waals surface area contributed by atoms with Gasteiger partial charge in [-0.2, -0.15) is 0 Å². The number of anilines is 1. The van der Waals surface area contributed by atoms with Gasteiger partial charge in [-0.25, -0.2) is 0 Å². The van der Waals surface area contributed by atoms with Crippen LogP contribution in [0.15, 0.2) is 18.2 Å². The van der Waals surface area contributed by atoms with E-state index >= 15 is 0 Å². The highest BCUT2D eigenvalue weighted by molar-refractivity contribution is 6.42. The molecule has 0 radical (unpaired) electrons. The summed E-state index contributed by atoms with van der Waals surface area (Å²) in [5.41, 5.74) is 0.495. The highest BCUT2D eigenvalue weighted by Gasteiger charge is 2.29. The van der Waals surface area contributed by atoms with Gasteiger partial charge in [-0.3, -0.25) is 14.4 Å². The van der Waals surface area contributed by atoms with Crippen molar-refractivity contribution in [2.75, 3.05) is 18.9 Å². The minimum Gasteiger partial charge on any atom is -0.344 e. The third-order valence-electron chi connectivity index (χ3n) is 3.25. The molecule has 1 saturated heterocycles. The Morgan fingerprint density at radius 2 is 2.09 bits per heavy atom. The van der Waals surface area contributed by atoms with Gasteiger partial charge < -0.3 is 15.5 Å². The lowest BCUT2D eigenvalue weighted by Gasteiger charge is -2.20. The third kappa shape index (κ3) is 4.11. The van der Waals surface area contributed by atoms with E-state index < -0.39 is 6.04 Å². The zero-order valence-corrected chi connectivity index (χ0v) is 13.4. The van der Waals surface area contributed by atoms with Crippen molar-refractivity contribution in [1.82, 2.24) is 10.2 Å². The number of carbonyl (C=O) groups is 3. The van der Waals surface area contributed by atoms with Crippen molar-refractivity contribution in [2.45, 2.75) is 18.9 Å². The number of likely N-dealkylation sites (N-methyl/N-ethyl adjacent to an activating group) is 1. The van der Waals surface area contributed by atoms with Gasteiger partial charge in [0.05, 0.1) is 16.6 Å². The van der Waals surface area contributed by atoms with Crippen molar-refractivity contribution >= 4 is 46.6 Å². The lowest BCUT2D eigenvalue weighted by molar-refractivity contribution is -0.135. The summed E-state index contributed by atoms with van der Waals surface area (Å²) in [5, 5.41) is 5.93. The Morgan fingerprint density at radius 3 is 2.68 bits per heavy atom. The quantitative estimate of drug-likeness (QED) is 0.872. The number of hydrogen-bond donors (Lipinski definition) is 2. The summed E-state index contributed by atoms with van der Waals surface area (Å²) in [6.07, 6.45) is 0.788. The molecule has 1 unspecified atom stereocenters. The molecule has 0 saturated carbocycles. The topological polar surface area (TPSA) is 78.5 Å². The molecule has 118 valence electrons. The summed E-state index contributed by atoms with van der Waals surface area (Å²) in [4.78, 5) is 36.4. The Labute approximate surface area is 137 Å². The number of carbonyl (C=O) groups excluding carboxylic acids is 3. The summed E-state index contributed by atoms with van der Waals surface area (Å²) < 4.78 is 0. The normalized spacial score (nSPS) is 17.0. The van der Waals surface area contributed by atoms with Crippen molar-refractivity contribution in [1.29, 1.82) is 0 Å². The minimum absolute atomic E-state index is 0.120. The summed E-state index contributed by atoms with van der Waals surface area (Å²) in [6, 6.07) is 4.17. The molecule has 0 bridgehead atoms. The van der Waals surface area contributed by atoms with Crippen LogP contribution >= 0.6 is 23.2 Å². The van der Waals surface area contributed by atoms with Gasteiger partial charge in [0.25, 0.3) is 0 Å². The van der Waals surface area contributed by atoms with Crippen molar-refractivity contribution in [2.24, 2.45) is 0 Å². The molecule has 1 atom stereocenters. The van der Waals surface area contributed by atoms with E-state index in [1.807, 2.05) is 0 Å². The summed E-state index contributed by atoms with van der Waals surface area (Å²) in [6.45, 7) is -0.120. The molecule has 6 nitrogen and oxygen atoms in total. The van der Waals surface area contributed by atoms with E-state index in [9.17, 15) is 14.4 Å². The molecule has 2 rings (SSSR count). The summed E-state index contributed by atoms with van der Waals surface area (Å²) in [7, 11) is 1.52. The van der Waals surface area contributed by atoms with Crippen LogP contribution in [0.5, 0.6) is 0 Å². The molecule has 22 heavy (non-hydrogen) atoms. The van der Waals surface area contributed by atoms with Crippen LogP contribution in [0.2, 0.25) is 10.0 Å². The second-order valence-corrected chi connectivity index (χ2v) is 5.84. The molecule has 8 heteroatoms. The van der Waals surface area contributed by atoms with Crippen LogP contribution in [-0.4, -0.2) is 42.3 Å². The molecule has 0 spiro atoms. The Balaban J connectivity index is 1.89. The van der Waals surface area contributed by atoms with Gasteiger partial charge in [-0.15, -0.1) is 0 Å². The molecular weight excluding hydrogens is 329 g/mol. The van der Waals surface area contributed by atoms with E-state index in [1.54, 1.807) is 12.1 Å². The number of rotatable bonds is 4. The molecule has 1 fully saturated rings. The van der Waals surface area contributed by atoms with Gasteiger partial charge >= 0.3 is 0 Å². The molecule has 0 aliphatic carbocycles. The van der Waals surface area contributed by atoms with E-state index in [2.05, 4.69) is 10.6 Å². The maximum absolute atomic E-state index is 12.1. The number of amides is 3. The van der Waals surface area contributed by atoms with Crippen molar-refractivity contribution in [3.63, 3.8) is 0 Å². The fourth-order valence-electron chi connectivity index (χ4n) is 2.13. The first-order valence-corrected chi connectivity index (χ1v) is 7.41. The highest BCUT2D eigenvalue weighted by Crippen LogP contribution is 2.24.